The van der Waals surface area contributed by atoms with E-state index in [9.17, 15) is 4.39 Å². The summed E-state index contributed by atoms with van der Waals surface area (Å²) in [5.41, 5.74) is 3.06. The number of anilines is 1. The van der Waals surface area contributed by atoms with Gasteiger partial charge in [-0.1, -0.05) is 25.9 Å². The standard InChI is InChI=1S/C13H19FNSi/c1-3-16(4-2)12-8-10-7-11(14)5-6-13(10)15-9-12/h5-7,12,15H,3-4,8-9H2,1-2H3/t12-/m1/s1. The zero-order valence-electron chi connectivity index (χ0n) is 10.0. The number of halogens is 1. The minimum atomic E-state index is -0.263. The Hall–Kier alpha value is -0.833. The van der Waals surface area contributed by atoms with Crippen molar-refractivity contribution in [2.45, 2.75) is 37.9 Å². The van der Waals surface area contributed by atoms with Crippen LogP contribution in [0.1, 0.15) is 19.4 Å². The molecular formula is C13H19FNSi. The van der Waals surface area contributed by atoms with E-state index in [0.717, 1.165) is 24.2 Å². The third kappa shape index (κ3) is 2.29. The Morgan fingerprint density at radius 3 is 2.81 bits per heavy atom. The molecule has 3 heteroatoms. The Kier molecular flexibility index (Phi) is 3.64. The van der Waals surface area contributed by atoms with Gasteiger partial charge in [-0.3, -0.25) is 0 Å². The average Bonchev–Trinajstić information content (AvgIpc) is 2.30. The van der Waals surface area contributed by atoms with Gasteiger partial charge in [0.25, 0.3) is 0 Å². The van der Waals surface area contributed by atoms with Crippen LogP contribution in [0.3, 0.4) is 0 Å². The maximum atomic E-state index is 13.2. The number of nitrogens with one attached hydrogen (secondary N) is 1. The molecular weight excluding hydrogens is 217 g/mol. The third-order valence-corrected chi connectivity index (χ3v) is 6.94. The van der Waals surface area contributed by atoms with Crippen LogP contribution >= 0.6 is 0 Å². The molecule has 2 rings (SSSR count). The Morgan fingerprint density at radius 2 is 2.12 bits per heavy atom. The Morgan fingerprint density at radius 1 is 1.38 bits per heavy atom. The topological polar surface area (TPSA) is 12.0 Å². The molecule has 1 heterocycles. The van der Waals surface area contributed by atoms with E-state index in [1.165, 1.54) is 23.7 Å². The monoisotopic (exact) mass is 236 g/mol. The van der Waals surface area contributed by atoms with E-state index in [4.69, 9.17) is 0 Å². The molecule has 0 unspecified atom stereocenters. The molecule has 0 aromatic heterocycles. The van der Waals surface area contributed by atoms with Gasteiger partial charge in [-0.25, -0.2) is 4.39 Å². The molecule has 0 aliphatic carbocycles. The highest BCUT2D eigenvalue weighted by Crippen LogP contribution is 2.31. The molecule has 1 radical (unpaired) electrons. The van der Waals surface area contributed by atoms with Gasteiger partial charge in [-0.05, 0) is 35.7 Å². The summed E-state index contributed by atoms with van der Waals surface area (Å²) in [5, 5.41) is 3.45. The SMILES string of the molecule is CC[Si](CC)[C@H]1CNc2ccc(F)cc2C1. The maximum absolute atomic E-state index is 13.2. The fraction of sp³-hybridized carbons (Fsp3) is 0.538. The molecule has 0 saturated carbocycles. The third-order valence-electron chi connectivity index (χ3n) is 3.56. The summed E-state index contributed by atoms with van der Waals surface area (Å²) < 4.78 is 13.2. The lowest BCUT2D eigenvalue weighted by Gasteiger charge is -2.30. The number of rotatable bonds is 3. The van der Waals surface area contributed by atoms with Crippen molar-refractivity contribution < 1.29 is 4.39 Å². The second kappa shape index (κ2) is 5.00. The molecule has 16 heavy (non-hydrogen) atoms. The predicted octanol–water partition coefficient (Wildman–Crippen LogP) is 3.70. The summed E-state index contributed by atoms with van der Waals surface area (Å²) in [6.45, 7) is 5.66. The van der Waals surface area contributed by atoms with Crippen LogP contribution in [0.4, 0.5) is 10.1 Å². The normalized spacial score (nSPS) is 19.4. The lowest BCUT2D eigenvalue weighted by Crippen LogP contribution is -2.30. The van der Waals surface area contributed by atoms with E-state index in [2.05, 4.69) is 19.2 Å². The summed E-state index contributed by atoms with van der Waals surface area (Å²) in [6.07, 6.45) is 1.07. The van der Waals surface area contributed by atoms with Crippen LogP contribution < -0.4 is 5.32 Å². The van der Waals surface area contributed by atoms with Crippen LogP contribution in [0.25, 0.3) is 0 Å². The predicted molar refractivity (Wildman–Crippen MR) is 69.1 cm³/mol. The molecule has 1 nitrogen and oxygen atoms in total. The molecule has 1 aliphatic rings. The fourth-order valence-electron chi connectivity index (χ4n) is 2.59. The van der Waals surface area contributed by atoms with Crippen LogP contribution in [-0.4, -0.2) is 15.3 Å². The van der Waals surface area contributed by atoms with Gasteiger partial charge < -0.3 is 5.32 Å². The second-order valence-electron chi connectivity index (χ2n) is 4.45. The van der Waals surface area contributed by atoms with E-state index in [1.54, 1.807) is 6.07 Å². The Labute approximate surface area is 98.7 Å². The summed E-state index contributed by atoms with van der Waals surface area (Å²) in [6, 6.07) is 7.73. The minimum Gasteiger partial charge on any atom is -0.385 e. The Bertz CT molecular complexity index is 363. The fourth-order valence-corrected chi connectivity index (χ4v) is 5.14. The summed E-state index contributed by atoms with van der Waals surface area (Å²) in [4.78, 5) is 0. The summed E-state index contributed by atoms with van der Waals surface area (Å²) in [5.74, 6) is -0.108. The van der Waals surface area contributed by atoms with Crippen molar-refractivity contribution >= 4 is 14.5 Å². The van der Waals surface area contributed by atoms with Gasteiger partial charge in [0.1, 0.15) is 5.82 Å². The van der Waals surface area contributed by atoms with Gasteiger partial charge in [0.15, 0.2) is 0 Å². The largest absolute Gasteiger partial charge is 0.385 e. The first-order chi connectivity index (χ1) is 7.74. The van der Waals surface area contributed by atoms with E-state index in [-0.39, 0.29) is 14.6 Å². The smallest absolute Gasteiger partial charge is 0.123 e. The average molecular weight is 236 g/mol. The molecule has 1 aromatic carbocycles. The van der Waals surface area contributed by atoms with Crippen LogP contribution in [0.2, 0.25) is 17.6 Å². The van der Waals surface area contributed by atoms with Crippen molar-refractivity contribution in [2.75, 3.05) is 11.9 Å². The molecule has 0 bridgehead atoms. The number of fused-ring (bicyclic) bond motifs is 1. The van der Waals surface area contributed by atoms with Gasteiger partial charge in [-0.2, -0.15) is 0 Å². The molecule has 0 fully saturated rings. The molecule has 1 N–H and O–H groups in total. The lowest BCUT2D eigenvalue weighted by atomic mass is 10.0. The van der Waals surface area contributed by atoms with Crippen molar-refractivity contribution in [3.63, 3.8) is 0 Å². The zero-order valence-corrected chi connectivity index (χ0v) is 11.0. The van der Waals surface area contributed by atoms with Crippen molar-refractivity contribution in [1.82, 2.24) is 0 Å². The number of hydrogen-bond donors (Lipinski definition) is 1. The van der Waals surface area contributed by atoms with E-state index in [1.807, 2.05) is 6.07 Å². The molecule has 1 aliphatic heterocycles. The highest BCUT2D eigenvalue weighted by atomic mass is 28.3. The molecule has 0 amide bonds. The lowest BCUT2D eigenvalue weighted by molar-refractivity contribution is 0.623. The van der Waals surface area contributed by atoms with Crippen LogP contribution in [0.15, 0.2) is 18.2 Å². The highest BCUT2D eigenvalue weighted by molar-refractivity contribution is 6.60. The van der Waals surface area contributed by atoms with Crippen molar-refractivity contribution in [2.24, 2.45) is 0 Å². The van der Waals surface area contributed by atoms with Crippen LogP contribution in [-0.2, 0) is 6.42 Å². The van der Waals surface area contributed by atoms with Crippen molar-refractivity contribution in [3.8, 4) is 0 Å². The Balaban J connectivity index is 2.16. The highest BCUT2D eigenvalue weighted by Gasteiger charge is 2.25. The molecule has 87 valence electrons. The molecule has 0 spiro atoms. The summed E-state index contributed by atoms with van der Waals surface area (Å²) in [7, 11) is -0.263. The second-order valence-corrected chi connectivity index (χ2v) is 8.00. The van der Waals surface area contributed by atoms with Gasteiger partial charge in [-0.15, -0.1) is 0 Å². The maximum Gasteiger partial charge on any atom is 0.123 e. The molecule has 1 atom stereocenters. The van der Waals surface area contributed by atoms with Crippen LogP contribution in [0.5, 0.6) is 0 Å². The minimum absolute atomic E-state index is 0.108. The number of hydrogen-bond acceptors (Lipinski definition) is 1. The molecule has 0 saturated heterocycles. The van der Waals surface area contributed by atoms with E-state index in [0.29, 0.717) is 0 Å². The van der Waals surface area contributed by atoms with Gasteiger partial charge in [0, 0.05) is 12.2 Å². The molecule has 1 aromatic rings. The first-order valence-electron chi connectivity index (χ1n) is 6.11. The summed E-state index contributed by atoms with van der Waals surface area (Å²) >= 11 is 0. The van der Waals surface area contributed by atoms with Gasteiger partial charge in [0.2, 0.25) is 0 Å². The van der Waals surface area contributed by atoms with Crippen molar-refractivity contribution in [1.29, 1.82) is 0 Å². The first-order valence-corrected chi connectivity index (χ1v) is 8.10. The number of benzene rings is 1. The van der Waals surface area contributed by atoms with E-state index >= 15 is 0 Å². The van der Waals surface area contributed by atoms with E-state index < -0.39 is 0 Å². The van der Waals surface area contributed by atoms with Crippen LogP contribution in [0, 0.1) is 5.82 Å². The zero-order chi connectivity index (χ0) is 11.5. The van der Waals surface area contributed by atoms with Gasteiger partial charge >= 0.3 is 0 Å². The first kappa shape index (κ1) is 11.6. The quantitative estimate of drug-likeness (QED) is 0.789. The van der Waals surface area contributed by atoms with Crippen molar-refractivity contribution in [3.05, 3.63) is 29.6 Å². The van der Waals surface area contributed by atoms with Gasteiger partial charge in [0.05, 0.1) is 8.80 Å².